The molecule has 5 nitrogen and oxygen atoms in total. The maximum absolute atomic E-state index is 13.8. The standard InChI is InChI=1S/C22H18ClFN2O3S/c23-15-5-3-4-14(12-15)20-25-19(13-30-20)22(28)29-16-8-10-26(11-9-16)21(27)17-6-1-2-7-18(17)24/h1-7,12-13,16H,8-11H2. The van der Waals surface area contributed by atoms with E-state index in [-0.39, 0.29) is 23.3 Å². The van der Waals surface area contributed by atoms with Crippen molar-refractivity contribution in [3.63, 3.8) is 0 Å². The fourth-order valence-corrected chi connectivity index (χ4v) is 4.29. The van der Waals surface area contributed by atoms with Crippen molar-refractivity contribution < 1.29 is 18.7 Å². The van der Waals surface area contributed by atoms with Crippen LogP contribution in [-0.2, 0) is 4.74 Å². The number of carbonyl (C=O) groups is 2. The molecule has 3 aromatic rings. The summed E-state index contributed by atoms with van der Waals surface area (Å²) >= 11 is 7.36. The van der Waals surface area contributed by atoms with Gasteiger partial charge < -0.3 is 9.64 Å². The third-order valence-corrected chi connectivity index (χ3v) is 6.02. The molecule has 0 bridgehead atoms. The van der Waals surface area contributed by atoms with E-state index in [1.807, 2.05) is 12.1 Å². The van der Waals surface area contributed by atoms with Gasteiger partial charge in [0, 0.05) is 41.9 Å². The maximum atomic E-state index is 13.8. The van der Waals surface area contributed by atoms with Gasteiger partial charge in [0.05, 0.1) is 5.56 Å². The van der Waals surface area contributed by atoms with Crippen LogP contribution in [0, 0.1) is 5.82 Å². The van der Waals surface area contributed by atoms with E-state index >= 15 is 0 Å². The first-order valence-electron chi connectivity index (χ1n) is 9.47. The summed E-state index contributed by atoms with van der Waals surface area (Å²) in [7, 11) is 0. The van der Waals surface area contributed by atoms with Crippen LogP contribution in [0.15, 0.2) is 53.9 Å². The van der Waals surface area contributed by atoms with E-state index in [0.717, 1.165) is 5.56 Å². The van der Waals surface area contributed by atoms with Gasteiger partial charge in [0.1, 0.15) is 16.9 Å². The van der Waals surface area contributed by atoms with Crippen LogP contribution in [0.25, 0.3) is 10.6 Å². The molecule has 154 valence electrons. The average molecular weight is 445 g/mol. The first-order chi connectivity index (χ1) is 14.5. The number of likely N-dealkylation sites (tertiary alicyclic amines) is 1. The minimum atomic E-state index is -0.532. The molecule has 2 aromatic carbocycles. The number of benzene rings is 2. The lowest BCUT2D eigenvalue weighted by molar-refractivity contribution is 0.0115. The normalized spacial score (nSPS) is 14.5. The Balaban J connectivity index is 1.34. The van der Waals surface area contributed by atoms with Gasteiger partial charge in [-0.15, -0.1) is 11.3 Å². The van der Waals surface area contributed by atoms with E-state index in [4.69, 9.17) is 16.3 Å². The number of nitrogens with zero attached hydrogens (tertiary/aromatic N) is 2. The van der Waals surface area contributed by atoms with Gasteiger partial charge in [-0.1, -0.05) is 35.9 Å². The molecule has 1 aliphatic rings. The molecule has 0 radical (unpaired) electrons. The first-order valence-corrected chi connectivity index (χ1v) is 10.7. The average Bonchev–Trinajstić information content (AvgIpc) is 3.25. The third-order valence-electron chi connectivity index (χ3n) is 4.89. The van der Waals surface area contributed by atoms with Crippen LogP contribution in [-0.4, -0.2) is 41.0 Å². The topological polar surface area (TPSA) is 59.5 Å². The SMILES string of the molecule is O=C(OC1CCN(C(=O)c2ccccc2F)CC1)c1csc(-c2cccc(Cl)c2)n1. The lowest BCUT2D eigenvalue weighted by Crippen LogP contribution is -2.41. The minimum absolute atomic E-state index is 0.0592. The van der Waals surface area contributed by atoms with Gasteiger partial charge in [-0.3, -0.25) is 4.79 Å². The number of amides is 1. The zero-order valence-corrected chi connectivity index (χ0v) is 17.5. The van der Waals surface area contributed by atoms with Gasteiger partial charge in [0.15, 0.2) is 5.69 Å². The summed E-state index contributed by atoms with van der Waals surface area (Å²) in [6.07, 6.45) is 0.688. The number of piperidine rings is 1. The molecule has 0 spiro atoms. The molecular formula is C22H18ClFN2O3S. The zero-order valence-electron chi connectivity index (χ0n) is 15.9. The van der Waals surface area contributed by atoms with Crippen LogP contribution in [0.5, 0.6) is 0 Å². The van der Waals surface area contributed by atoms with E-state index < -0.39 is 11.8 Å². The summed E-state index contributed by atoms with van der Waals surface area (Å²) in [5.41, 5.74) is 1.15. The van der Waals surface area contributed by atoms with Crippen molar-refractivity contribution in [3.8, 4) is 10.6 Å². The molecule has 1 saturated heterocycles. The van der Waals surface area contributed by atoms with Crippen molar-refractivity contribution in [3.05, 3.63) is 76.0 Å². The molecule has 0 saturated carbocycles. The van der Waals surface area contributed by atoms with Gasteiger partial charge in [0.25, 0.3) is 5.91 Å². The van der Waals surface area contributed by atoms with Gasteiger partial charge in [-0.2, -0.15) is 0 Å². The largest absolute Gasteiger partial charge is 0.457 e. The minimum Gasteiger partial charge on any atom is -0.457 e. The summed E-state index contributed by atoms with van der Waals surface area (Å²) in [4.78, 5) is 30.9. The second kappa shape index (κ2) is 8.93. The number of aromatic nitrogens is 1. The van der Waals surface area contributed by atoms with Crippen molar-refractivity contribution >= 4 is 34.8 Å². The number of thiazole rings is 1. The van der Waals surface area contributed by atoms with Crippen molar-refractivity contribution in [2.45, 2.75) is 18.9 Å². The number of halogens is 2. The Labute approximate surface area is 182 Å². The fourth-order valence-electron chi connectivity index (χ4n) is 3.32. The molecule has 0 unspecified atom stereocenters. The molecule has 1 amide bonds. The second-order valence-corrected chi connectivity index (χ2v) is 8.22. The number of ether oxygens (including phenoxy) is 1. The summed E-state index contributed by atoms with van der Waals surface area (Å²) < 4.78 is 19.4. The number of esters is 1. The van der Waals surface area contributed by atoms with E-state index in [9.17, 15) is 14.0 Å². The van der Waals surface area contributed by atoms with Gasteiger partial charge in [0.2, 0.25) is 0 Å². The Morgan fingerprint density at radius 1 is 1.13 bits per heavy atom. The Bertz CT molecular complexity index is 1080. The maximum Gasteiger partial charge on any atom is 0.358 e. The molecule has 0 atom stereocenters. The molecule has 1 fully saturated rings. The van der Waals surface area contributed by atoms with Gasteiger partial charge in [-0.05, 0) is 24.3 Å². The summed E-state index contributed by atoms with van der Waals surface area (Å²) in [6.45, 7) is 0.798. The summed E-state index contributed by atoms with van der Waals surface area (Å²) in [5, 5.41) is 2.95. The lowest BCUT2D eigenvalue weighted by Gasteiger charge is -2.31. The van der Waals surface area contributed by atoms with E-state index in [2.05, 4.69) is 4.98 Å². The Kier molecular flexibility index (Phi) is 6.11. The van der Waals surface area contributed by atoms with Crippen LogP contribution in [0.2, 0.25) is 5.02 Å². The molecule has 1 aliphatic heterocycles. The Hall–Kier alpha value is -2.77. The fraction of sp³-hybridized carbons (Fsp3) is 0.227. The quantitative estimate of drug-likeness (QED) is 0.527. The van der Waals surface area contributed by atoms with Crippen LogP contribution >= 0.6 is 22.9 Å². The van der Waals surface area contributed by atoms with Crippen LogP contribution < -0.4 is 0 Å². The molecule has 2 heterocycles. The predicted octanol–water partition coefficient (Wildman–Crippen LogP) is 5.06. The van der Waals surface area contributed by atoms with Crippen molar-refractivity contribution in [1.82, 2.24) is 9.88 Å². The first kappa shape index (κ1) is 20.5. The van der Waals surface area contributed by atoms with Gasteiger partial charge in [-0.25, -0.2) is 14.2 Å². The molecule has 8 heteroatoms. The number of hydrogen-bond donors (Lipinski definition) is 0. The van der Waals surface area contributed by atoms with Crippen molar-refractivity contribution in [2.24, 2.45) is 0 Å². The highest BCUT2D eigenvalue weighted by molar-refractivity contribution is 7.13. The second-order valence-electron chi connectivity index (χ2n) is 6.92. The molecule has 0 N–H and O–H groups in total. The van der Waals surface area contributed by atoms with E-state index in [1.165, 1.54) is 23.5 Å². The Morgan fingerprint density at radius 2 is 1.90 bits per heavy atom. The highest BCUT2D eigenvalue weighted by Gasteiger charge is 2.28. The molecule has 1 aromatic heterocycles. The van der Waals surface area contributed by atoms with Crippen LogP contribution in [0.1, 0.15) is 33.7 Å². The number of hydrogen-bond acceptors (Lipinski definition) is 5. The molecule has 30 heavy (non-hydrogen) atoms. The van der Waals surface area contributed by atoms with Crippen molar-refractivity contribution in [1.29, 1.82) is 0 Å². The molecule has 0 aliphatic carbocycles. The van der Waals surface area contributed by atoms with Crippen molar-refractivity contribution in [2.75, 3.05) is 13.1 Å². The van der Waals surface area contributed by atoms with Crippen LogP contribution in [0.3, 0.4) is 0 Å². The zero-order chi connectivity index (χ0) is 21.1. The highest BCUT2D eigenvalue weighted by Crippen LogP contribution is 2.27. The summed E-state index contributed by atoms with van der Waals surface area (Å²) in [5.74, 6) is -1.36. The van der Waals surface area contributed by atoms with Gasteiger partial charge >= 0.3 is 5.97 Å². The summed E-state index contributed by atoms with van der Waals surface area (Å²) in [6, 6.07) is 13.2. The highest BCUT2D eigenvalue weighted by atomic mass is 35.5. The molecule has 4 rings (SSSR count). The Morgan fingerprint density at radius 3 is 2.63 bits per heavy atom. The van der Waals surface area contributed by atoms with E-state index in [1.54, 1.807) is 34.5 Å². The number of rotatable bonds is 4. The van der Waals surface area contributed by atoms with E-state index in [0.29, 0.717) is 36.0 Å². The lowest BCUT2D eigenvalue weighted by atomic mass is 10.1. The predicted molar refractivity (Wildman–Crippen MR) is 113 cm³/mol. The third kappa shape index (κ3) is 4.52. The smallest absolute Gasteiger partial charge is 0.358 e. The molecular weight excluding hydrogens is 427 g/mol. The van der Waals surface area contributed by atoms with Crippen LogP contribution in [0.4, 0.5) is 4.39 Å². The monoisotopic (exact) mass is 444 g/mol. The number of carbonyl (C=O) groups excluding carboxylic acids is 2.